The number of aliphatic carboxylic acids is 1. The quantitative estimate of drug-likeness (QED) is 0.865. The minimum Gasteiger partial charge on any atom is -0.481 e. The minimum absolute atomic E-state index is 0.0424. The molecule has 2 rings (SSSR count). The first-order valence-electron chi connectivity index (χ1n) is 7.18. The number of hydrogen-bond donors (Lipinski definition) is 2. The molecule has 1 aliphatic carbocycles. The normalized spacial score (nSPS) is 21.0. The third-order valence-electron chi connectivity index (χ3n) is 4.01. The van der Waals surface area contributed by atoms with Gasteiger partial charge in [0.2, 0.25) is 0 Å². The number of nitrogens with zero attached hydrogens (tertiary/aromatic N) is 2. The second-order valence-corrected chi connectivity index (χ2v) is 5.53. The van der Waals surface area contributed by atoms with Crippen molar-refractivity contribution in [1.82, 2.24) is 15.2 Å². The van der Waals surface area contributed by atoms with Gasteiger partial charge in [-0.1, -0.05) is 6.42 Å². The third kappa shape index (κ3) is 4.18. The molecule has 1 saturated carbocycles. The number of urea groups is 1. The van der Waals surface area contributed by atoms with Crippen LogP contribution < -0.4 is 5.32 Å². The molecule has 2 N–H and O–H groups in total. The van der Waals surface area contributed by atoms with E-state index in [0.717, 1.165) is 18.4 Å². The van der Waals surface area contributed by atoms with Crippen LogP contribution in [0.3, 0.4) is 0 Å². The van der Waals surface area contributed by atoms with Crippen molar-refractivity contribution in [3.8, 4) is 0 Å². The lowest BCUT2D eigenvalue weighted by atomic mass is 9.96. The lowest BCUT2D eigenvalue weighted by Gasteiger charge is -2.21. The molecule has 0 spiro atoms. The van der Waals surface area contributed by atoms with Crippen molar-refractivity contribution in [2.24, 2.45) is 11.8 Å². The van der Waals surface area contributed by atoms with Crippen molar-refractivity contribution in [1.29, 1.82) is 0 Å². The molecule has 1 aliphatic rings. The molecule has 1 aromatic heterocycles. The molecule has 0 bridgehead atoms. The van der Waals surface area contributed by atoms with Crippen LogP contribution in [0.5, 0.6) is 0 Å². The summed E-state index contributed by atoms with van der Waals surface area (Å²) < 4.78 is 0. The van der Waals surface area contributed by atoms with E-state index in [2.05, 4.69) is 10.3 Å². The van der Waals surface area contributed by atoms with E-state index in [9.17, 15) is 9.59 Å². The van der Waals surface area contributed by atoms with E-state index >= 15 is 0 Å². The van der Waals surface area contributed by atoms with Gasteiger partial charge >= 0.3 is 12.0 Å². The number of hydrogen-bond acceptors (Lipinski definition) is 3. The van der Waals surface area contributed by atoms with Crippen molar-refractivity contribution in [3.05, 3.63) is 30.1 Å². The van der Waals surface area contributed by atoms with Gasteiger partial charge in [-0.15, -0.1) is 0 Å². The standard InChI is InChI=1S/C15H21N3O3/c1-18(10-11-5-7-16-8-6-11)15(21)17-9-12-3-2-4-13(12)14(19)20/h5-8,12-13H,2-4,9-10H2,1H3,(H,17,21)(H,19,20). The van der Waals surface area contributed by atoms with Gasteiger partial charge in [0, 0.05) is 32.5 Å². The maximum absolute atomic E-state index is 12.0. The maximum Gasteiger partial charge on any atom is 0.317 e. The van der Waals surface area contributed by atoms with Crippen LogP contribution in [-0.2, 0) is 11.3 Å². The molecule has 1 fully saturated rings. The van der Waals surface area contributed by atoms with Crippen LogP contribution in [0.4, 0.5) is 4.79 Å². The van der Waals surface area contributed by atoms with Crippen LogP contribution in [0.25, 0.3) is 0 Å². The smallest absolute Gasteiger partial charge is 0.317 e. The molecule has 2 amide bonds. The predicted molar refractivity (Wildman–Crippen MR) is 77.6 cm³/mol. The zero-order chi connectivity index (χ0) is 15.2. The molecule has 6 heteroatoms. The Balaban J connectivity index is 1.80. The molecule has 2 unspecified atom stereocenters. The summed E-state index contributed by atoms with van der Waals surface area (Å²) in [5, 5.41) is 12.0. The average Bonchev–Trinajstić information content (AvgIpc) is 2.94. The van der Waals surface area contributed by atoms with Gasteiger partial charge in [-0.05, 0) is 36.5 Å². The first-order valence-corrected chi connectivity index (χ1v) is 7.18. The van der Waals surface area contributed by atoms with E-state index in [4.69, 9.17) is 5.11 Å². The van der Waals surface area contributed by atoms with Gasteiger partial charge in [-0.2, -0.15) is 0 Å². The van der Waals surface area contributed by atoms with Gasteiger partial charge in [0.05, 0.1) is 5.92 Å². The summed E-state index contributed by atoms with van der Waals surface area (Å²) in [7, 11) is 1.72. The van der Waals surface area contributed by atoms with Crippen molar-refractivity contribution >= 4 is 12.0 Å². The Hall–Kier alpha value is -2.11. The Kier molecular flexibility index (Phi) is 5.14. The Labute approximate surface area is 124 Å². The van der Waals surface area contributed by atoms with Gasteiger partial charge in [0.25, 0.3) is 0 Å². The van der Waals surface area contributed by atoms with Gasteiger partial charge in [-0.3, -0.25) is 9.78 Å². The van der Waals surface area contributed by atoms with Crippen molar-refractivity contribution in [3.63, 3.8) is 0 Å². The molecule has 0 radical (unpaired) electrons. The molecule has 0 saturated heterocycles. The molecule has 6 nitrogen and oxygen atoms in total. The van der Waals surface area contributed by atoms with E-state index in [1.54, 1.807) is 24.3 Å². The number of rotatable bonds is 5. The van der Waals surface area contributed by atoms with Crippen LogP contribution in [-0.4, -0.2) is 40.6 Å². The number of carboxylic acid groups (broad SMARTS) is 1. The van der Waals surface area contributed by atoms with Crippen LogP contribution in [0.2, 0.25) is 0 Å². The molecule has 21 heavy (non-hydrogen) atoms. The second-order valence-electron chi connectivity index (χ2n) is 5.53. The highest BCUT2D eigenvalue weighted by Gasteiger charge is 2.32. The van der Waals surface area contributed by atoms with Crippen LogP contribution in [0.15, 0.2) is 24.5 Å². The first-order chi connectivity index (χ1) is 10.1. The summed E-state index contributed by atoms with van der Waals surface area (Å²) in [6.45, 7) is 0.928. The molecule has 1 aromatic rings. The third-order valence-corrected chi connectivity index (χ3v) is 4.01. The van der Waals surface area contributed by atoms with Crippen molar-refractivity contribution in [2.45, 2.75) is 25.8 Å². The number of carbonyl (C=O) groups excluding carboxylic acids is 1. The summed E-state index contributed by atoms with van der Waals surface area (Å²) >= 11 is 0. The molecule has 1 heterocycles. The Morgan fingerprint density at radius 2 is 2.10 bits per heavy atom. The molecule has 114 valence electrons. The molecule has 0 aromatic carbocycles. The molecular weight excluding hydrogens is 270 g/mol. The monoisotopic (exact) mass is 291 g/mol. The Morgan fingerprint density at radius 3 is 2.76 bits per heavy atom. The number of amides is 2. The first kappa shape index (κ1) is 15.3. The number of aromatic nitrogens is 1. The number of nitrogens with one attached hydrogen (secondary N) is 1. The average molecular weight is 291 g/mol. The minimum atomic E-state index is -0.753. The van der Waals surface area contributed by atoms with E-state index in [0.29, 0.717) is 19.5 Å². The van der Waals surface area contributed by atoms with Crippen molar-refractivity contribution in [2.75, 3.05) is 13.6 Å². The van der Waals surface area contributed by atoms with Crippen LogP contribution in [0.1, 0.15) is 24.8 Å². The number of carboxylic acids is 1. The highest BCUT2D eigenvalue weighted by atomic mass is 16.4. The SMILES string of the molecule is CN(Cc1ccncc1)C(=O)NCC1CCCC1C(=O)O. The van der Waals surface area contributed by atoms with Gasteiger partial charge in [0.15, 0.2) is 0 Å². The summed E-state index contributed by atoms with van der Waals surface area (Å²) in [5.41, 5.74) is 1.01. The van der Waals surface area contributed by atoms with E-state index < -0.39 is 5.97 Å². The van der Waals surface area contributed by atoms with E-state index in [-0.39, 0.29) is 17.9 Å². The fourth-order valence-electron chi connectivity index (χ4n) is 2.79. The van der Waals surface area contributed by atoms with Gasteiger partial charge < -0.3 is 15.3 Å². The van der Waals surface area contributed by atoms with Crippen LogP contribution in [0, 0.1) is 11.8 Å². The lowest BCUT2D eigenvalue weighted by Crippen LogP contribution is -2.40. The zero-order valence-electron chi connectivity index (χ0n) is 12.2. The molecule has 0 aliphatic heterocycles. The number of carbonyl (C=O) groups is 2. The summed E-state index contributed by atoms with van der Waals surface area (Å²) in [4.78, 5) is 28.7. The topological polar surface area (TPSA) is 82.5 Å². The number of pyridine rings is 1. The molecular formula is C15H21N3O3. The second kappa shape index (κ2) is 7.06. The highest BCUT2D eigenvalue weighted by Crippen LogP contribution is 2.31. The molecule has 2 atom stereocenters. The van der Waals surface area contributed by atoms with E-state index in [1.165, 1.54) is 0 Å². The largest absolute Gasteiger partial charge is 0.481 e. The fourth-order valence-corrected chi connectivity index (χ4v) is 2.79. The van der Waals surface area contributed by atoms with Crippen LogP contribution >= 0.6 is 0 Å². The Bertz CT molecular complexity index is 492. The van der Waals surface area contributed by atoms with Gasteiger partial charge in [0.1, 0.15) is 0 Å². The lowest BCUT2D eigenvalue weighted by molar-refractivity contribution is -0.142. The van der Waals surface area contributed by atoms with Crippen molar-refractivity contribution < 1.29 is 14.7 Å². The maximum atomic E-state index is 12.0. The zero-order valence-corrected chi connectivity index (χ0v) is 12.2. The van der Waals surface area contributed by atoms with E-state index in [1.807, 2.05) is 12.1 Å². The summed E-state index contributed by atoms with van der Waals surface area (Å²) in [5.74, 6) is -1.03. The summed E-state index contributed by atoms with van der Waals surface area (Å²) in [6, 6.07) is 3.55. The predicted octanol–water partition coefficient (Wildman–Crippen LogP) is 1.72. The fraction of sp³-hybridized carbons (Fsp3) is 0.533. The summed E-state index contributed by atoms with van der Waals surface area (Å²) in [6.07, 6.45) is 5.88. The Morgan fingerprint density at radius 1 is 1.38 bits per heavy atom. The highest BCUT2D eigenvalue weighted by molar-refractivity contribution is 5.74. The van der Waals surface area contributed by atoms with Gasteiger partial charge in [-0.25, -0.2) is 4.79 Å².